The molecule has 1 aromatic heterocycles. The largest absolute Gasteiger partial charge is 0.465 e. The molecule has 0 spiro atoms. The van der Waals surface area contributed by atoms with Crippen LogP contribution in [0.3, 0.4) is 0 Å². The average molecular weight is 488 g/mol. The van der Waals surface area contributed by atoms with Gasteiger partial charge in [0.05, 0.1) is 22.5 Å². The first-order valence-electron chi connectivity index (χ1n) is 9.16. The van der Waals surface area contributed by atoms with Crippen molar-refractivity contribution in [2.24, 2.45) is 0 Å². The van der Waals surface area contributed by atoms with E-state index in [1.54, 1.807) is 0 Å². The molecule has 0 saturated heterocycles. The van der Waals surface area contributed by atoms with Crippen LogP contribution in [0.25, 0.3) is 0 Å². The van der Waals surface area contributed by atoms with E-state index in [0.29, 0.717) is 5.69 Å². The zero-order valence-corrected chi connectivity index (χ0v) is 17.9. The Bertz CT molecular complexity index is 1280. The minimum absolute atomic E-state index is 0.121. The summed E-state index contributed by atoms with van der Waals surface area (Å²) in [5, 5.41) is 25.3. The van der Waals surface area contributed by atoms with Gasteiger partial charge in [0.2, 0.25) is 11.6 Å². The summed E-state index contributed by atoms with van der Waals surface area (Å²) in [6, 6.07) is 9.25. The molecule has 3 N–H and O–H groups in total. The number of aromatic nitrogens is 2. The highest BCUT2D eigenvalue weighted by Crippen LogP contribution is 2.31. The fraction of sp³-hybridized carbons (Fsp3) is 0.0526. The molecule has 1 heterocycles. The van der Waals surface area contributed by atoms with Crippen molar-refractivity contribution in [2.45, 2.75) is 0 Å². The third-order valence-corrected chi connectivity index (χ3v) is 4.59. The Kier molecular flexibility index (Phi) is 7.13. The van der Waals surface area contributed by atoms with E-state index in [0.717, 1.165) is 12.4 Å². The van der Waals surface area contributed by atoms with Gasteiger partial charge in [-0.05, 0) is 36.4 Å². The third-order valence-electron chi connectivity index (χ3n) is 4.27. The Morgan fingerprint density at radius 2 is 1.62 bits per heavy atom. The number of ether oxygens (including phenoxy) is 1. The van der Waals surface area contributed by atoms with Crippen LogP contribution in [0.5, 0.6) is 0 Å². The quantitative estimate of drug-likeness (QED) is 0.240. The lowest BCUT2D eigenvalue weighted by molar-refractivity contribution is -0.384. The van der Waals surface area contributed by atoms with E-state index in [1.165, 1.54) is 43.5 Å². The summed E-state index contributed by atoms with van der Waals surface area (Å²) < 4.78 is 4.61. The third kappa shape index (κ3) is 5.31. The summed E-state index contributed by atoms with van der Waals surface area (Å²) in [5.41, 5.74) is 3.96. The minimum atomic E-state index is -0.833. The van der Waals surface area contributed by atoms with Crippen LogP contribution < -0.4 is 16.2 Å². The van der Waals surface area contributed by atoms with Crippen LogP contribution in [-0.2, 0) is 4.74 Å². The summed E-state index contributed by atoms with van der Waals surface area (Å²) in [7, 11) is 1.24. The minimum Gasteiger partial charge on any atom is -0.465 e. The number of halogens is 1. The van der Waals surface area contributed by atoms with Crippen molar-refractivity contribution < 1.29 is 24.2 Å². The molecule has 14 nitrogen and oxygen atoms in total. The molecule has 0 unspecified atom stereocenters. The van der Waals surface area contributed by atoms with Gasteiger partial charge in [-0.3, -0.25) is 35.9 Å². The normalized spacial score (nSPS) is 10.2. The van der Waals surface area contributed by atoms with Crippen LogP contribution in [0.15, 0.2) is 48.8 Å². The molecular weight excluding hydrogens is 474 g/mol. The van der Waals surface area contributed by atoms with E-state index in [1.807, 2.05) is 0 Å². The van der Waals surface area contributed by atoms with Crippen LogP contribution in [0.2, 0.25) is 5.02 Å². The Labute approximate surface area is 195 Å². The zero-order valence-electron chi connectivity index (χ0n) is 17.1. The number of carbonyl (C=O) groups excluding carboxylic acids is 2. The molecule has 3 rings (SSSR count). The summed E-state index contributed by atoms with van der Waals surface area (Å²) >= 11 is 5.73. The Hall–Kier alpha value is -4.85. The van der Waals surface area contributed by atoms with Crippen molar-refractivity contribution in [1.29, 1.82) is 0 Å². The van der Waals surface area contributed by atoms with Crippen molar-refractivity contribution in [3.63, 3.8) is 0 Å². The number of hydrogen-bond donors (Lipinski definition) is 3. The lowest BCUT2D eigenvalue weighted by Crippen LogP contribution is -2.30. The molecule has 2 aromatic carbocycles. The van der Waals surface area contributed by atoms with Crippen molar-refractivity contribution >= 4 is 52.2 Å². The highest BCUT2D eigenvalue weighted by atomic mass is 35.5. The van der Waals surface area contributed by atoms with Gasteiger partial charge in [0, 0.05) is 17.3 Å². The van der Waals surface area contributed by atoms with Crippen LogP contribution in [0, 0.1) is 20.2 Å². The molecule has 0 bridgehead atoms. The molecule has 0 aliphatic rings. The van der Waals surface area contributed by atoms with Gasteiger partial charge in [0.25, 0.3) is 11.6 Å². The fourth-order valence-electron chi connectivity index (χ4n) is 2.66. The molecule has 0 radical (unpaired) electrons. The number of hydrogen-bond acceptors (Lipinski definition) is 11. The van der Waals surface area contributed by atoms with Crippen molar-refractivity contribution in [3.8, 4) is 0 Å². The van der Waals surface area contributed by atoms with Crippen LogP contribution in [-0.4, -0.2) is 38.8 Å². The van der Waals surface area contributed by atoms with Gasteiger partial charge in [-0.2, -0.15) is 0 Å². The highest BCUT2D eigenvalue weighted by molar-refractivity contribution is 6.32. The summed E-state index contributed by atoms with van der Waals surface area (Å²) in [5.74, 6) is -1.94. The van der Waals surface area contributed by atoms with Crippen LogP contribution >= 0.6 is 11.6 Å². The number of esters is 1. The maximum Gasteiger partial charge on any atom is 0.355 e. The molecular formula is C19H14ClN7O7. The molecule has 0 fully saturated rings. The molecule has 34 heavy (non-hydrogen) atoms. The molecule has 0 saturated carbocycles. The second-order valence-electron chi connectivity index (χ2n) is 6.37. The predicted molar refractivity (Wildman–Crippen MR) is 119 cm³/mol. The predicted octanol–water partition coefficient (Wildman–Crippen LogP) is 3.23. The molecule has 0 atom stereocenters. The van der Waals surface area contributed by atoms with E-state index >= 15 is 0 Å². The van der Waals surface area contributed by atoms with Gasteiger partial charge in [-0.1, -0.05) is 11.6 Å². The number of nitro groups is 2. The van der Waals surface area contributed by atoms with Gasteiger partial charge in [-0.25, -0.2) is 14.8 Å². The van der Waals surface area contributed by atoms with E-state index < -0.39 is 33.1 Å². The molecule has 3 aromatic rings. The number of carbonyl (C=O) groups is 2. The number of anilines is 3. The number of nitro benzene ring substituents is 1. The maximum atomic E-state index is 12.4. The van der Waals surface area contributed by atoms with Gasteiger partial charge in [-0.15, -0.1) is 0 Å². The Morgan fingerprint density at radius 3 is 2.24 bits per heavy atom. The number of hydrazine groups is 1. The molecule has 15 heteroatoms. The first kappa shape index (κ1) is 23.8. The second kappa shape index (κ2) is 10.2. The number of rotatable bonds is 8. The number of nitrogens with one attached hydrogen (secondary N) is 3. The van der Waals surface area contributed by atoms with E-state index in [-0.39, 0.29) is 27.8 Å². The van der Waals surface area contributed by atoms with Gasteiger partial charge in [0.15, 0.2) is 0 Å². The fourth-order valence-corrected chi connectivity index (χ4v) is 2.85. The van der Waals surface area contributed by atoms with Gasteiger partial charge < -0.3 is 10.1 Å². The lowest BCUT2D eigenvalue weighted by Gasteiger charge is -2.11. The van der Waals surface area contributed by atoms with Crippen molar-refractivity contribution in [1.82, 2.24) is 15.4 Å². The smallest absolute Gasteiger partial charge is 0.355 e. The average Bonchev–Trinajstić information content (AvgIpc) is 2.82. The maximum absolute atomic E-state index is 12.4. The number of benzene rings is 2. The molecule has 0 aliphatic carbocycles. The Balaban J connectivity index is 1.81. The standard InChI is InChI=1S/C19H14ClN7O7/c1-34-19(29)10-2-5-12(6-3-10)23-16-15(27(32)33)17(22-9-21-16)24-25-18(28)11-4-7-13(20)14(8-11)26(30)31/h2-9H,1H3,(H,25,28)(H2,21,22,23,24). The van der Waals surface area contributed by atoms with E-state index in [4.69, 9.17) is 11.6 Å². The summed E-state index contributed by atoms with van der Waals surface area (Å²) in [6.07, 6.45) is 1.01. The molecule has 174 valence electrons. The number of nitrogens with zero attached hydrogens (tertiary/aromatic N) is 4. The zero-order chi connectivity index (χ0) is 24.8. The SMILES string of the molecule is COC(=O)c1ccc(Nc2ncnc(NNC(=O)c3ccc(Cl)c([N+](=O)[O-])c3)c2[N+](=O)[O-])cc1. The number of methoxy groups -OCH3 is 1. The lowest BCUT2D eigenvalue weighted by atomic mass is 10.2. The second-order valence-corrected chi connectivity index (χ2v) is 6.78. The van der Waals surface area contributed by atoms with E-state index in [9.17, 15) is 29.8 Å². The van der Waals surface area contributed by atoms with E-state index in [2.05, 4.69) is 30.9 Å². The topological polar surface area (TPSA) is 192 Å². The van der Waals surface area contributed by atoms with Gasteiger partial charge >= 0.3 is 11.7 Å². The van der Waals surface area contributed by atoms with Crippen molar-refractivity contribution in [3.05, 3.63) is 85.2 Å². The van der Waals surface area contributed by atoms with Crippen molar-refractivity contribution in [2.75, 3.05) is 17.9 Å². The van der Waals surface area contributed by atoms with Crippen LogP contribution in [0.4, 0.5) is 28.7 Å². The highest BCUT2D eigenvalue weighted by Gasteiger charge is 2.24. The first-order valence-corrected chi connectivity index (χ1v) is 9.54. The summed E-state index contributed by atoms with van der Waals surface area (Å²) in [4.78, 5) is 52.7. The van der Waals surface area contributed by atoms with Crippen LogP contribution in [0.1, 0.15) is 20.7 Å². The van der Waals surface area contributed by atoms with Gasteiger partial charge in [0.1, 0.15) is 11.3 Å². The molecule has 0 aliphatic heterocycles. The molecule has 1 amide bonds. The number of amides is 1. The summed E-state index contributed by atoms with van der Waals surface area (Å²) in [6.45, 7) is 0. The Morgan fingerprint density at radius 1 is 0.971 bits per heavy atom. The first-order chi connectivity index (χ1) is 16.2. The monoisotopic (exact) mass is 487 g/mol.